The molecule has 0 aliphatic rings. The number of nitrogens with one attached hydrogen (secondary N) is 1. The van der Waals surface area contributed by atoms with E-state index in [-0.39, 0.29) is 10.8 Å². The molecule has 0 saturated heterocycles. The molecule has 0 bridgehead atoms. The Morgan fingerprint density at radius 3 is 2.67 bits per heavy atom. The predicted molar refractivity (Wildman–Crippen MR) is 83.0 cm³/mol. The van der Waals surface area contributed by atoms with Crippen LogP contribution in [0.3, 0.4) is 0 Å². The standard InChI is InChI=1S/C15H13BrClF2NO/c1-2-20-8-9-3-10(18)5-11(4-9)21-15-7-14(19)13(17)6-12(15)16/h3-7,20H,2,8H2,1H3. The van der Waals surface area contributed by atoms with Gasteiger partial charge in [-0.25, -0.2) is 8.78 Å². The van der Waals surface area contributed by atoms with E-state index in [4.69, 9.17) is 16.3 Å². The summed E-state index contributed by atoms with van der Waals surface area (Å²) in [6.07, 6.45) is 0. The maximum atomic E-state index is 13.6. The van der Waals surface area contributed by atoms with Crippen molar-refractivity contribution in [3.8, 4) is 11.5 Å². The van der Waals surface area contributed by atoms with Gasteiger partial charge in [-0.3, -0.25) is 0 Å². The molecule has 2 aromatic rings. The van der Waals surface area contributed by atoms with Crippen LogP contribution >= 0.6 is 27.5 Å². The molecule has 0 radical (unpaired) electrons. The van der Waals surface area contributed by atoms with Crippen LogP contribution in [0, 0.1) is 11.6 Å². The third kappa shape index (κ3) is 4.40. The number of halogens is 4. The summed E-state index contributed by atoms with van der Waals surface area (Å²) in [5, 5.41) is 3.09. The Morgan fingerprint density at radius 2 is 1.95 bits per heavy atom. The predicted octanol–water partition coefficient (Wildman–Crippen LogP) is 5.28. The summed E-state index contributed by atoms with van der Waals surface area (Å²) in [5.74, 6) is -0.479. The highest BCUT2D eigenvalue weighted by Gasteiger charge is 2.10. The van der Waals surface area contributed by atoms with Gasteiger partial charge in [0.25, 0.3) is 0 Å². The number of ether oxygens (including phenoxy) is 1. The highest BCUT2D eigenvalue weighted by Crippen LogP contribution is 2.34. The summed E-state index contributed by atoms with van der Waals surface area (Å²) in [7, 11) is 0. The van der Waals surface area contributed by atoms with E-state index in [1.807, 2.05) is 6.92 Å². The lowest BCUT2D eigenvalue weighted by Crippen LogP contribution is -2.11. The van der Waals surface area contributed by atoms with Crippen molar-refractivity contribution < 1.29 is 13.5 Å². The van der Waals surface area contributed by atoms with Crippen molar-refractivity contribution in [2.24, 2.45) is 0 Å². The van der Waals surface area contributed by atoms with Crippen molar-refractivity contribution in [3.05, 3.63) is 57.0 Å². The first-order chi connectivity index (χ1) is 9.99. The molecule has 6 heteroatoms. The third-order valence-corrected chi connectivity index (χ3v) is 3.62. The smallest absolute Gasteiger partial charge is 0.145 e. The van der Waals surface area contributed by atoms with Crippen LogP contribution in [-0.2, 0) is 6.54 Å². The second-order valence-electron chi connectivity index (χ2n) is 4.37. The summed E-state index contributed by atoms with van der Waals surface area (Å²) in [6.45, 7) is 3.27. The Bertz CT molecular complexity index is 652. The molecule has 0 atom stereocenters. The van der Waals surface area contributed by atoms with Crippen molar-refractivity contribution >= 4 is 27.5 Å². The average molecular weight is 377 g/mol. The Kier molecular flexibility index (Phi) is 5.56. The van der Waals surface area contributed by atoms with Crippen molar-refractivity contribution in [2.75, 3.05) is 6.54 Å². The van der Waals surface area contributed by atoms with Gasteiger partial charge < -0.3 is 10.1 Å². The minimum Gasteiger partial charge on any atom is -0.456 e. The van der Waals surface area contributed by atoms with Crippen LogP contribution in [0.15, 0.2) is 34.8 Å². The number of benzene rings is 2. The molecule has 1 N–H and O–H groups in total. The van der Waals surface area contributed by atoms with Crippen molar-refractivity contribution in [3.63, 3.8) is 0 Å². The summed E-state index contributed by atoms with van der Waals surface area (Å²) >= 11 is 8.90. The molecular weight excluding hydrogens is 364 g/mol. The average Bonchev–Trinajstić information content (AvgIpc) is 2.42. The molecule has 2 aromatic carbocycles. The largest absolute Gasteiger partial charge is 0.456 e. The molecule has 0 saturated carbocycles. The van der Waals surface area contributed by atoms with E-state index in [1.54, 1.807) is 6.07 Å². The van der Waals surface area contributed by atoms with Gasteiger partial charge in [-0.2, -0.15) is 0 Å². The molecule has 0 aromatic heterocycles. The fourth-order valence-electron chi connectivity index (χ4n) is 1.76. The Balaban J connectivity index is 2.27. The van der Waals surface area contributed by atoms with E-state index in [0.717, 1.165) is 18.2 Å². The second-order valence-corrected chi connectivity index (χ2v) is 5.64. The van der Waals surface area contributed by atoms with E-state index in [1.165, 1.54) is 18.2 Å². The molecule has 0 spiro atoms. The van der Waals surface area contributed by atoms with Gasteiger partial charge in [0.15, 0.2) is 0 Å². The molecule has 0 amide bonds. The van der Waals surface area contributed by atoms with Crippen molar-refractivity contribution in [2.45, 2.75) is 13.5 Å². The van der Waals surface area contributed by atoms with Crippen LogP contribution < -0.4 is 10.1 Å². The van der Waals surface area contributed by atoms with E-state index in [0.29, 0.717) is 16.8 Å². The van der Waals surface area contributed by atoms with Crippen LogP contribution in [0.4, 0.5) is 8.78 Å². The monoisotopic (exact) mass is 375 g/mol. The van der Waals surface area contributed by atoms with Crippen LogP contribution in [-0.4, -0.2) is 6.54 Å². The lowest BCUT2D eigenvalue weighted by atomic mass is 10.2. The molecule has 0 aliphatic heterocycles. The fraction of sp³-hybridized carbons (Fsp3) is 0.200. The van der Waals surface area contributed by atoms with Crippen molar-refractivity contribution in [1.29, 1.82) is 0 Å². The number of rotatable bonds is 5. The van der Waals surface area contributed by atoms with E-state index >= 15 is 0 Å². The SMILES string of the molecule is CCNCc1cc(F)cc(Oc2cc(F)c(Cl)cc2Br)c1. The van der Waals surface area contributed by atoms with Crippen LogP contribution in [0.2, 0.25) is 5.02 Å². The number of hydrogen-bond donors (Lipinski definition) is 1. The highest BCUT2D eigenvalue weighted by atomic mass is 79.9. The van der Waals surface area contributed by atoms with E-state index in [9.17, 15) is 8.78 Å². The normalized spacial score (nSPS) is 10.7. The maximum Gasteiger partial charge on any atom is 0.145 e. The number of hydrogen-bond acceptors (Lipinski definition) is 2. The Morgan fingerprint density at radius 1 is 1.19 bits per heavy atom. The quantitative estimate of drug-likeness (QED) is 0.717. The van der Waals surface area contributed by atoms with Gasteiger partial charge >= 0.3 is 0 Å². The van der Waals surface area contributed by atoms with Gasteiger partial charge in [-0.1, -0.05) is 18.5 Å². The van der Waals surface area contributed by atoms with Crippen LogP contribution in [0.1, 0.15) is 12.5 Å². The zero-order valence-electron chi connectivity index (χ0n) is 11.2. The fourth-order valence-corrected chi connectivity index (χ4v) is 2.48. The summed E-state index contributed by atoms with van der Waals surface area (Å²) < 4.78 is 33.1. The van der Waals surface area contributed by atoms with Gasteiger partial charge in [0.1, 0.15) is 23.1 Å². The minimum atomic E-state index is -0.598. The molecule has 2 rings (SSSR count). The molecule has 2 nitrogen and oxygen atoms in total. The van der Waals surface area contributed by atoms with Gasteiger partial charge in [0.2, 0.25) is 0 Å². The molecular formula is C15H13BrClF2NO. The zero-order valence-corrected chi connectivity index (χ0v) is 13.6. The Labute approximate surface area is 135 Å². The minimum absolute atomic E-state index is 0.0127. The zero-order chi connectivity index (χ0) is 15.4. The highest BCUT2D eigenvalue weighted by molar-refractivity contribution is 9.10. The first-order valence-electron chi connectivity index (χ1n) is 6.32. The first-order valence-corrected chi connectivity index (χ1v) is 7.49. The van der Waals surface area contributed by atoms with Gasteiger partial charge in [-0.15, -0.1) is 0 Å². The lowest BCUT2D eigenvalue weighted by molar-refractivity contribution is 0.467. The van der Waals surface area contributed by atoms with Gasteiger partial charge in [0.05, 0.1) is 9.50 Å². The lowest BCUT2D eigenvalue weighted by Gasteiger charge is -2.11. The summed E-state index contributed by atoms with van der Waals surface area (Å²) in [4.78, 5) is 0. The summed E-state index contributed by atoms with van der Waals surface area (Å²) in [5.41, 5.74) is 0.748. The Hall–Kier alpha value is -1.17. The first kappa shape index (κ1) is 16.2. The molecule has 0 heterocycles. The molecule has 112 valence electrons. The van der Waals surface area contributed by atoms with Crippen LogP contribution in [0.25, 0.3) is 0 Å². The van der Waals surface area contributed by atoms with E-state index in [2.05, 4.69) is 21.2 Å². The molecule has 0 fully saturated rings. The van der Waals surface area contributed by atoms with Gasteiger partial charge in [0, 0.05) is 18.7 Å². The molecule has 21 heavy (non-hydrogen) atoms. The maximum absolute atomic E-state index is 13.6. The van der Waals surface area contributed by atoms with Crippen LogP contribution in [0.5, 0.6) is 11.5 Å². The third-order valence-electron chi connectivity index (χ3n) is 2.71. The second kappa shape index (κ2) is 7.20. The van der Waals surface area contributed by atoms with Gasteiger partial charge in [-0.05, 0) is 46.2 Å². The molecule has 0 unspecified atom stereocenters. The van der Waals surface area contributed by atoms with Crippen molar-refractivity contribution in [1.82, 2.24) is 5.32 Å². The summed E-state index contributed by atoms with van der Waals surface area (Å²) in [6, 6.07) is 6.92. The van der Waals surface area contributed by atoms with E-state index < -0.39 is 11.6 Å². The topological polar surface area (TPSA) is 21.3 Å². The molecule has 0 aliphatic carbocycles.